The topological polar surface area (TPSA) is 47.6 Å². The second-order valence-electron chi connectivity index (χ2n) is 6.13. The third kappa shape index (κ3) is 5.83. The van der Waals surface area contributed by atoms with Gasteiger partial charge in [0, 0.05) is 11.1 Å². The number of carbonyl (C=O) groups excluding carboxylic acids is 1. The molecule has 0 saturated heterocycles. The van der Waals surface area contributed by atoms with Gasteiger partial charge < -0.3 is 14.8 Å². The summed E-state index contributed by atoms with van der Waals surface area (Å²) in [5.74, 6) is 0.196. The Balaban J connectivity index is 1.64. The molecule has 0 aliphatic heterocycles. The van der Waals surface area contributed by atoms with Crippen molar-refractivity contribution in [2.45, 2.75) is 6.61 Å². The van der Waals surface area contributed by atoms with E-state index in [9.17, 15) is 9.18 Å². The molecule has 0 aliphatic carbocycles. The summed E-state index contributed by atoms with van der Waals surface area (Å²) in [4.78, 5) is 12.0. The largest absolute Gasteiger partial charge is 0.493 e. The van der Waals surface area contributed by atoms with Gasteiger partial charge in [-0.15, -0.1) is 0 Å². The van der Waals surface area contributed by atoms with Crippen LogP contribution in [0, 0.1) is 5.82 Å². The van der Waals surface area contributed by atoms with Gasteiger partial charge in [0.2, 0.25) is 5.91 Å². The fourth-order valence-corrected chi connectivity index (χ4v) is 2.68. The van der Waals surface area contributed by atoms with E-state index in [1.54, 1.807) is 55.7 Å². The van der Waals surface area contributed by atoms with Crippen LogP contribution in [-0.4, -0.2) is 13.0 Å². The molecular formula is C23H19ClFNO3. The van der Waals surface area contributed by atoms with Crippen molar-refractivity contribution in [2.24, 2.45) is 0 Å². The summed E-state index contributed by atoms with van der Waals surface area (Å²) >= 11 is 5.88. The van der Waals surface area contributed by atoms with E-state index in [2.05, 4.69) is 5.32 Å². The Hall–Kier alpha value is -3.31. The molecule has 29 heavy (non-hydrogen) atoms. The van der Waals surface area contributed by atoms with Gasteiger partial charge in [0.05, 0.1) is 12.8 Å². The molecule has 0 atom stereocenters. The van der Waals surface area contributed by atoms with Crippen LogP contribution in [-0.2, 0) is 11.4 Å². The lowest BCUT2D eigenvalue weighted by Gasteiger charge is -2.11. The van der Waals surface area contributed by atoms with Crippen LogP contribution in [0.2, 0.25) is 5.02 Å². The average molecular weight is 412 g/mol. The van der Waals surface area contributed by atoms with E-state index in [1.807, 2.05) is 12.1 Å². The average Bonchev–Trinajstić information content (AvgIpc) is 2.74. The first-order valence-electron chi connectivity index (χ1n) is 8.84. The molecule has 0 fully saturated rings. The number of hydrogen-bond donors (Lipinski definition) is 1. The van der Waals surface area contributed by atoms with Crippen LogP contribution in [0.25, 0.3) is 6.08 Å². The maximum absolute atomic E-state index is 13.6. The van der Waals surface area contributed by atoms with Gasteiger partial charge in [0.15, 0.2) is 11.5 Å². The molecule has 0 radical (unpaired) electrons. The van der Waals surface area contributed by atoms with Crippen molar-refractivity contribution in [2.75, 3.05) is 12.4 Å². The predicted octanol–water partition coefficient (Wildman–Crippen LogP) is 5.72. The molecule has 1 amide bonds. The summed E-state index contributed by atoms with van der Waals surface area (Å²) in [6, 6.07) is 18.7. The molecule has 148 valence electrons. The molecule has 3 rings (SSSR count). The quantitative estimate of drug-likeness (QED) is 0.506. The van der Waals surface area contributed by atoms with Crippen molar-refractivity contribution < 1.29 is 18.7 Å². The summed E-state index contributed by atoms with van der Waals surface area (Å²) in [7, 11) is 1.54. The molecule has 3 aromatic rings. The van der Waals surface area contributed by atoms with Crippen molar-refractivity contribution in [3.8, 4) is 11.5 Å². The molecule has 0 saturated carbocycles. The smallest absolute Gasteiger partial charge is 0.248 e. The number of nitrogens with one attached hydrogen (secondary N) is 1. The summed E-state index contributed by atoms with van der Waals surface area (Å²) < 4.78 is 24.8. The van der Waals surface area contributed by atoms with Gasteiger partial charge in [-0.2, -0.15) is 0 Å². The number of carbonyl (C=O) groups is 1. The van der Waals surface area contributed by atoms with Crippen molar-refractivity contribution in [1.82, 2.24) is 0 Å². The van der Waals surface area contributed by atoms with Gasteiger partial charge in [0.25, 0.3) is 0 Å². The van der Waals surface area contributed by atoms with Gasteiger partial charge in [-0.25, -0.2) is 4.39 Å². The summed E-state index contributed by atoms with van der Waals surface area (Å²) in [6.45, 7) is 0.369. The van der Waals surface area contributed by atoms with Gasteiger partial charge >= 0.3 is 0 Å². The van der Waals surface area contributed by atoms with E-state index in [0.717, 1.165) is 11.1 Å². The Morgan fingerprint density at radius 2 is 1.83 bits per heavy atom. The molecule has 0 heterocycles. The number of ether oxygens (including phenoxy) is 2. The van der Waals surface area contributed by atoms with E-state index in [-0.39, 0.29) is 5.69 Å². The third-order valence-corrected chi connectivity index (χ3v) is 4.31. The first-order chi connectivity index (χ1) is 14.0. The monoisotopic (exact) mass is 411 g/mol. The summed E-state index contributed by atoms with van der Waals surface area (Å²) in [5.41, 5.74) is 1.85. The van der Waals surface area contributed by atoms with E-state index >= 15 is 0 Å². The lowest BCUT2D eigenvalue weighted by Crippen LogP contribution is -2.09. The van der Waals surface area contributed by atoms with Crippen LogP contribution < -0.4 is 14.8 Å². The molecule has 3 aromatic carbocycles. The van der Waals surface area contributed by atoms with E-state index in [0.29, 0.717) is 23.1 Å². The number of anilines is 1. The number of para-hydroxylation sites is 1. The highest BCUT2D eigenvalue weighted by molar-refractivity contribution is 6.30. The molecule has 6 heteroatoms. The van der Waals surface area contributed by atoms with Crippen LogP contribution in [0.1, 0.15) is 11.1 Å². The summed E-state index contributed by atoms with van der Waals surface area (Å²) in [5, 5.41) is 3.16. The Morgan fingerprint density at radius 1 is 1.07 bits per heavy atom. The predicted molar refractivity (Wildman–Crippen MR) is 113 cm³/mol. The molecule has 0 bridgehead atoms. The molecular weight excluding hydrogens is 393 g/mol. The number of hydrogen-bond acceptors (Lipinski definition) is 3. The second-order valence-corrected chi connectivity index (χ2v) is 6.56. The Morgan fingerprint density at radius 3 is 2.55 bits per heavy atom. The number of methoxy groups -OCH3 is 1. The first-order valence-corrected chi connectivity index (χ1v) is 9.22. The lowest BCUT2D eigenvalue weighted by molar-refractivity contribution is -0.111. The van der Waals surface area contributed by atoms with Gasteiger partial charge in [0.1, 0.15) is 12.4 Å². The van der Waals surface area contributed by atoms with Gasteiger partial charge in [-0.3, -0.25) is 4.79 Å². The number of amides is 1. The van der Waals surface area contributed by atoms with Crippen LogP contribution in [0.4, 0.5) is 10.1 Å². The fourth-order valence-electron chi connectivity index (χ4n) is 2.56. The SMILES string of the molecule is COc1cc(C=CC(=O)Nc2ccccc2F)ccc1OCc1ccc(Cl)cc1. The molecule has 0 spiro atoms. The van der Waals surface area contributed by atoms with Crippen molar-refractivity contribution in [3.05, 3.63) is 94.8 Å². The number of benzene rings is 3. The Labute approximate surface area is 173 Å². The molecule has 4 nitrogen and oxygen atoms in total. The second kappa shape index (κ2) is 9.75. The van der Waals surface area contributed by atoms with Crippen molar-refractivity contribution in [3.63, 3.8) is 0 Å². The highest BCUT2D eigenvalue weighted by Gasteiger charge is 2.07. The molecule has 0 aliphatic rings. The van der Waals surface area contributed by atoms with Crippen LogP contribution in [0.5, 0.6) is 11.5 Å². The summed E-state index contributed by atoms with van der Waals surface area (Å²) in [6.07, 6.45) is 2.94. The molecule has 0 aromatic heterocycles. The van der Waals surface area contributed by atoms with Crippen molar-refractivity contribution >= 4 is 29.3 Å². The van der Waals surface area contributed by atoms with Gasteiger partial charge in [-0.05, 0) is 53.6 Å². The lowest BCUT2D eigenvalue weighted by atomic mass is 10.2. The zero-order chi connectivity index (χ0) is 20.6. The zero-order valence-electron chi connectivity index (χ0n) is 15.7. The van der Waals surface area contributed by atoms with E-state index in [4.69, 9.17) is 21.1 Å². The standard InChI is InChI=1S/C23H19ClFNO3/c1-28-22-14-16(9-13-23(27)26-20-5-3-2-4-19(20)25)8-12-21(22)29-15-17-6-10-18(24)11-7-17/h2-14H,15H2,1H3,(H,26,27). The Bertz CT molecular complexity index is 1020. The third-order valence-electron chi connectivity index (χ3n) is 4.05. The van der Waals surface area contributed by atoms with Gasteiger partial charge in [-0.1, -0.05) is 41.9 Å². The number of halogens is 2. The van der Waals surface area contributed by atoms with Crippen LogP contribution in [0.15, 0.2) is 72.8 Å². The minimum atomic E-state index is -0.488. The normalized spacial score (nSPS) is 10.7. The first kappa shape index (κ1) is 20.4. The minimum Gasteiger partial charge on any atom is -0.493 e. The van der Waals surface area contributed by atoms with E-state index in [1.165, 1.54) is 18.2 Å². The number of rotatable bonds is 7. The zero-order valence-corrected chi connectivity index (χ0v) is 16.4. The fraction of sp³-hybridized carbons (Fsp3) is 0.0870. The highest BCUT2D eigenvalue weighted by Crippen LogP contribution is 2.29. The van der Waals surface area contributed by atoms with Crippen molar-refractivity contribution in [1.29, 1.82) is 0 Å². The maximum atomic E-state index is 13.6. The Kier molecular flexibility index (Phi) is 6.87. The van der Waals surface area contributed by atoms with Crippen LogP contribution >= 0.6 is 11.6 Å². The molecule has 0 unspecified atom stereocenters. The molecule has 1 N–H and O–H groups in total. The minimum absolute atomic E-state index is 0.130. The van der Waals surface area contributed by atoms with E-state index < -0.39 is 11.7 Å². The maximum Gasteiger partial charge on any atom is 0.248 e. The highest BCUT2D eigenvalue weighted by atomic mass is 35.5. The van der Waals surface area contributed by atoms with Crippen LogP contribution in [0.3, 0.4) is 0 Å².